The molecule has 1 aliphatic rings. The van der Waals surface area contributed by atoms with Crippen molar-refractivity contribution in [2.75, 3.05) is 0 Å². The quantitative estimate of drug-likeness (QED) is 0.659. The first-order valence-corrected chi connectivity index (χ1v) is 7.29. The lowest BCUT2D eigenvalue weighted by molar-refractivity contribution is 0.112. The number of hydrogen-bond acceptors (Lipinski definition) is 2. The van der Waals surface area contributed by atoms with Gasteiger partial charge in [0.2, 0.25) is 5.88 Å². The highest BCUT2D eigenvalue weighted by atomic mass is 16.5. The van der Waals surface area contributed by atoms with Crippen LogP contribution in [0.25, 0.3) is 16.5 Å². The molecule has 0 unspecified atom stereocenters. The molecule has 0 radical (unpaired) electrons. The van der Waals surface area contributed by atoms with Gasteiger partial charge in [-0.25, -0.2) is 0 Å². The lowest BCUT2D eigenvalue weighted by Gasteiger charge is -2.06. The van der Waals surface area contributed by atoms with Gasteiger partial charge in [-0.1, -0.05) is 48.5 Å². The Hall–Kier alpha value is -2.81. The van der Waals surface area contributed by atoms with E-state index in [1.807, 2.05) is 42.5 Å². The highest BCUT2D eigenvalue weighted by Crippen LogP contribution is 2.38. The van der Waals surface area contributed by atoms with Crippen LogP contribution >= 0.6 is 0 Å². The predicted octanol–water partition coefficient (Wildman–Crippen LogP) is 4.28. The zero-order valence-electron chi connectivity index (χ0n) is 12.2. The van der Waals surface area contributed by atoms with E-state index in [1.54, 1.807) is 0 Å². The van der Waals surface area contributed by atoms with Gasteiger partial charge in [0.05, 0.1) is 17.6 Å². The molecule has 0 spiro atoms. The number of nitrogens with zero attached hydrogens (tertiary/aromatic N) is 1. The van der Waals surface area contributed by atoms with E-state index in [2.05, 4.69) is 23.6 Å². The number of rotatable bonds is 2. The van der Waals surface area contributed by atoms with Crippen LogP contribution in [0.3, 0.4) is 0 Å². The van der Waals surface area contributed by atoms with Crippen LogP contribution in [0.15, 0.2) is 60.4 Å². The van der Waals surface area contributed by atoms with Gasteiger partial charge in [-0.15, -0.1) is 0 Å². The van der Waals surface area contributed by atoms with E-state index in [9.17, 15) is 4.79 Å². The monoisotopic (exact) mass is 289 g/mol. The summed E-state index contributed by atoms with van der Waals surface area (Å²) >= 11 is 0. The van der Waals surface area contributed by atoms with Gasteiger partial charge in [0.15, 0.2) is 6.29 Å². The summed E-state index contributed by atoms with van der Waals surface area (Å²) in [6, 6.07) is 18.1. The van der Waals surface area contributed by atoms with Crippen LogP contribution in [0.4, 0.5) is 0 Å². The number of benzene rings is 2. The first kappa shape index (κ1) is 12.9. The van der Waals surface area contributed by atoms with Gasteiger partial charge >= 0.3 is 0 Å². The maximum absolute atomic E-state index is 11.5. The zero-order valence-corrected chi connectivity index (χ0v) is 12.2. The van der Waals surface area contributed by atoms with Crippen molar-refractivity contribution in [3.63, 3.8) is 0 Å². The van der Waals surface area contributed by atoms with E-state index < -0.39 is 0 Å². The standard InChI is InChI=1S/C19H15NO2/c1-13(14-7-3-2-4-8-14)18-11-20-17-10-6-5-9-15(17)16(12-21)19(20)22-18/h2-10,12H,11H2,1H3/b18-13+. The summed E-state index contributed by atoms with van der Waals surface area (Å²) in [7, 11) is 0. The molecule has 1 aliphatic heterocycles. The number of allylic oxidation sites excluding steroid dienone is 2. The third-order valence-corrected chi connectivity index (χ3v) is 4.23. The molecule has 0 aliphatic carbocycles. The number of fused-ring (bicyclic) bond motifs is 3. The van der Waals surface area contributed by atoms with Crippen molar-refractivity contribution in [1.29, 1.82) is 0 Å². The van der Waals surface area contributed by atoms with Crippen molar-refractivity contribution < 1.29 is 9.53 Å². The molecule has 0 amide bonds. The Balaban J connectivity index is 1.86. The molecule has 0 fully saturated rings. The Bertz CT molecular complexity index is 904. The molecular weight excluding hydrogens is 274 g/mol. The molecule has 2 aromatic carbocycles. The number of ether oxygens (including phenoxy) is 1. The maximum Gasteiger partial charge on any atom is 0.211 e. The van der Waals surface area contributed by atoms with Crippen LogP contribution in [-0.4, -0.2) is 10.9 Å². The minimum Gasteiger partial charge on any atom is -0.442 e. The van der Waals surface area contributed by atoms with Crippen LogP contribution in [0.5, 0.6) is 5.88 Å². The fraction of sp³-hybridized carbons (Fsp3) is 0.105. The summed E-state index contributed by atoms with van der Waals surface area (Å²) in [4.78, 5) is 11.5. The molecule has 0 atom stereocenters. The summed E-state index contributed by atoms with van der Waals surface area (Å²) in [5.41, 5.74) is 3.91. The Labute approximate surface area is 128 Å². The number of carbonyl (C=O) groups excluding carboxylic acids is 1. The van der Waals surface area contributed by atoms with Crippen LogP contribution in [0, 0.1) is 0 Å². The summed E-state index contributed by atoms with van der Waals surface area (Å²) in [6.07, 6.45) is 0.884. The van der Waals surface area contributed by atoms with Crippen molar-refractivity contribution in [2.45, 2.75) is 13.5 Å². The number of aldehydes is 1. The number of hydrogen-bond donors (Lipinski definition) is 0. The zero-order chi connectivity index (χ0) is 15.1. The Morgan fingerprint density at radius 2 is 1.82 bits per heavy atom. The molecule has 0 bridgehead atoms. The fourth-order valence-electron chi connectivity index (χ4n) is 3.02. The largest absolute Gasteiger partial charge is 0.442 e. The molecule has 4 rings (SSSR count). The Morgan fingerprint density at radius 1 is 1.09 bits per heavy atom. The first-order valence-electron chi connectivity index (χ1n) is 7.29. The van der Waals surface area contributed by atoms with Gasteiger partial charge in [0.25, 0.3) is 0 Å². The average molecular weight is 289 g/mol. The van der Waals surface area contributed by atoms with Gasteiger partial charge < -0.3 is 9.30 Å². The van der Waals surface area contributed by atoms with Crippen LogP contribution in [-0.2, 0) is 6.54 Å². The summed E-state index contributed by atoms with van der Waals surface area (Å²) in [5, 5.41) is 0.948. The van der Waals surface area contributed by atoms with Crippen molar-refractivity contribution in [3.8, 4) is 5.88 Å². The molecule has 0 N–H and O–H groups in total. The normalized spacial score (nSPS) is 15.5. The second kappa shape index (κ2) is 4.88. The van der Waals surface area contributed by atoms with Crippen molar-refractivity contribution >= 4 is 22.8 Å². The second-order valence-corrected chi connectivity index (χ2v) is 5.46. The van der Waals surface area contributed by atoms with E-state index in [1.165, 1.54) is 0 Å². The van der Waals surface area contributed by atoms with E-state index in [4.69, 9.17) is 4.74 Å². The lowest BCUT2D eigenvalue weighted by Crippen LogP contribution is -1.97. The topological polar surface area (TPSA) is 31.2 Å². The summed E-state index contributed by atoms with van der Waals surface area (Å²) < 4.78 is 8.11. The number of carbonyl (C=O) groups is 1. The maximum atomic E-state index is 11.5. The van der Waals surface area contributed by atoms with Gasteiger partial charge in [0.1, 0.15) is 5.76 Å². The van der Waals surface area contributed by atoms with E-state index in [0.717, 1.165) is 34.1 Å². The molecule has 0 saturated carbocycles. The van der Waals surface area contributed by atoms with Crippen molar-refractivity contribution in [3.05, 3.63) is 71.5 Å². The van der Waals surface area contributed by atoms with Crippen molar-refractivity contribution in [2.24, 2.45) is 0 Å². The first-order chi connectivity index (χ1) is 10.8. The molecule has 1 aromatic heterocycles. The van der Waals surface area contributed by atoms with Gasteiger partial charge in [0, 0.05) is 5.39 Å². The Morgan fingerprint density at radius 3 is 2.59 bits per heavy atom. The molecule has 3 nitrogen and oxygen atoms in total. The highest BCUT2D eigenvalue weighted by Gasteiger charge is 2.26. The molecule has 108 valence electrons. The molecule has 22 heavy (non-hydrogen) atoms. The van der Waals surface area contributed by atoms with E-state index >= 15 is 0 Å². The number of para-hydroxylation sites is 1. The SMILES string of the molecule is C/C(=C1/Cn2c(c(C=O)c3ccccc32)O1)c1ccccc1. The van der Waals surface area contributed by atoms with E-state index in [0.29, 0.717) is 18.0 Å². The van der Waals surface area contributed by atoms with Gasteiger partial charge in [-0.05, 0) is 24.1 Å². The Kier molecular flexibility index (Phi) is 2.86. The average Bonchev–Trinajstić information content (AvgIpc) is 3.12. The molecule has 3 aromatic rings. The molecule has 0 saturated heterocycles. The third-order valence-electron chi connectivity index (χ3n) is 4.23. The molecule has 2 heterocycles. The van der Waals surface area contributed by atoms with Crippen LogP contribution in [0.1, 0.15) is 22.8 Å². The fourth-order valence-corrected chi connectivity index (χ4v) is 3.02. The minimum absolute atomic E-state index is 0.631. The summed E-state index contributed by atoms with van der Waals surface area (Å²) in [6.45, 7) is 2.71. The molecule has 3 heteroatoms. The van der Waals surface area contributed by atoms with Crippen LogP contribution in [0.2, 0.25) is 0 Å². The third kappa shape index (κ3) is 1.79. The predicted molar refractivity (Wildman–Crippen MR) is 87.0 cm³/mol. The van der Waals surface area contributed by atoms with Gasteiger partial charge in [-0.2, -0.15) is 0 Å². The van der Waals surface area contributed by atoms with Crippen molar-refractivity contribution in [1.82, 2.24) is 4.57 Å². The summed E-state index contributed by atoms with van der Waals surface area (Å²) in [5.74, 6) is 1.55. The minimum atomic E-state index is 0.631. The second-order valence-electron chi connectivity index (χ2n) is 5.46. The van der Waals surface area contributed by atoms with Gasteiger partial charge in [-0.3, -0.25) is 4.79 Å². The number of aromatic nitrogens is 1. The van der Waals surface area contributed by atoms with Crippen LogP contribution < -0.4 is 4.74 Å². The molecular formula is C19H15NO2. The highest BCUT2D eigenvalue weighted by molar-refractivity contribution is 6.01. The smallest absolute Gasteiger partial charge is 0.211 e. The lowest BCUT2D eigenvalue weighted by atomic mass is 10.1. The van der Waals surface area contributed by atoms with E-state index in [-0.39, 0.29) is 0 Å².